The van der Waals surface area contributed by atoms with Crippen LogP contribution in [0.1, 0.15) is 87.2 Å². The molecule has 1 N–H and O–H groups in total. The maximum atomic E-state index is 13.4. The third kappa shape index (κ3) is 5.58. The largest absolute Gasteiger partial charge is 0.490 e. The van der Waals surface area contributed by atoms with Crippen LogP contribution >= 0.6 is 11.6 Å². The Morgan fingerprint density at radius 1 is 1.07 bits per heavy atom. The second-order valence-corrected chi connectivity index (χ2v) is 16.4. The number of benzene rings is 2. The highest BCUT2D eigenvalue weighted by atomic mass is 35.5. The van der Waals surface area contributed by atoms with E-state index in [1.54, 1.807) is 25.1 Å². The highest BCUT2D eigenvalue weighted by molar-refractivity contribution is 7.90. The average molecular weight is 627 g/mol. The summed E-state index contributed by atoms with van der Waals surface area (Å²) in [5.74, 6) is 0.484. The van der Waals surface area contributed by atoms with Crippen molar-refractivity contribution in [2.24, 2.45) is 23.2 Å². The number of nitrogens with zero attached hydrogens (tertiary/aromatic N) is 1. The number of hydrogen-bond donors (Lipinski definition) is 1. The number of nitrogens with one attached hydrogen (secondary N) is 1. The van der Waals surface area contributed by atoms with Crippen LogP contribution in [0.3, 0.4) is 0 Å². The lowest BCUT2D eigenvalue weighted by atomic mass is 9.58. The monoisotopic (exact) mass is 626 g/mol. The molecule has 2 aromatic carbocycles. The average Bonchev–Trinajstić information content (AvgIpc) is 3.11. The number of rotatable bonds is 1. The molecular formula is C34H43ClN2O5S. The minimum atomic E-state index is -3.90. The van der Waals surface area contributed by atoms with Crippen LogP contribution in [0.5, 0.6) is 5.75 Å². The summed E-state index contributed by atoms with van der Waals surface area (Å²) in [6.45, 7) is 7.60. The number of aryl methyl sites for hydroxylation is 1. The van der Waals surface area contributed by atoms with Gasteiger partial charge in [0.25, 0.3) is 5.91 Å². The number of sulfonamides is 1. The van der Waals surface area contributed by atoms with Gasteiger partial charge >= 0.3 is 0 Å². The van der Waals surface area contributed by atoms with Crippen LogP contribution in [-0.4, -0.2) is 45.6 Å². The summed E-state index contributed by atoms with van der Waals surface area (Å²) in [5, 5.41) is -0.0119. The van der Waals surface area contributed by atoms with Gasteiger partial charge in [-0.1, -0.05) is 37.9 Å². The first-order valence-electron chi connectivity index (χ1n) is 15.8. The van der Waals surface area contributed by atoms with Crippen LogP contribution in [-0.2, 0) is 26.7 Å². The molecule has 2 aliphatic heterocycles. The van der Waals surface area contributed by atoms with Crippen molar-refractivity contribution in [2.75, 3.05) is 24.6 Å². The van der Waals surface area contributed by atoms with E-state index in [9.17, 15) is 18.0 Å². The number of amides is 1. The van der Waals surface area contributed by atoms with E-state index in [0.29, 0.717) is 31.2 Å². The first-order valence-corrected chi connectivity index (χ1v) is 17.7. The molecule has 2 aliphatic carbocycles. The number of aldehydes is 1. The van der Waals surface area contributed by atoms with Crippen molar-refractivity contribution in [1.82, 2.24) is 4.72 Å². The van der Waals surface area contributed by atoms with Gasteiger partial charge < -0.3 is 14.4 Å². The quantitative estimate of drug-likeness (QED) is 0.373. The fourth-order valence-electron chi connectivity index (χ4n) is 8.15. The molecule has 232 valence electrons. The van der Waals surface area contributed by atoms with Crippen molar-refractivity contribution in [2.45, 2.75) is 82.8 Å². The number of carbonyl (C=O) groups excluding carboxylic acids is 2. The molecule has 43 heavy (non-hydrogen) atoms. The highest BCUT2D eigenvalue weighted by Gasteiger charge is 2.47. The molecular weight excluding hydrogens is 584 g/mol. The molecule has 1 spiro atoms. The number of carbonyl (C=O) groups is 2. The molecule has 9 heteroatoms. The predicted molar refractivity (Wildman–Crippen MR) is 169 cm³/mol. The van der Waals surface area contributed by atoms with Gasteiger partial charge in [0.1, 0.15) is 12.0 Å². The fraction of sp³-hybridized carbons (Fsp3) is 0.588. The molecule has 2 bridgehead atoms. The van der Waals surface area contributed by atoms with Crippen molar-refractivity contribution < 1.29 is 22.7 Å². The summed E-state index contributed by atoms with van der Waals surface area (Å²) >= 11 is 6.40. The summed E-state index contributed by atoms with van der Waals surface area (Å²) < 4.78 is 35.4. The Bertz CT molecular complexity index is 1530. The van der Waals surface area contributed by atoms with Gasteiger partial charge in [-0.2, -0.15) is 0 Å². The van der Waals surface area contributed by atoms with E-state index in [-0.39, 0.29) is 22.8 Å². The van der Waals surface area contributed by atoms with Crippen LogP contribution in [0.25, 0.3) is 0 Å². The summed E-state index contributed by atoms with van der Waals surface area (Å²) in [6.07, 6.45) is 8.33. The van der Waals surface area contributed by atoms with E-state index in [2.05, 4.69) is 28.7 Å². The van der Waals surface area contributed by atoms with Crippen molar-refractivity contribution in [3.63, 3.8) is 0 Å². The van der Waals surface area contributed by atoms with Crippen LogP contribution in [0, 0.1) is 23.2 Å². The molecule has 7 nitrogen and oxygen atoms in total. The normalized spacial score (nSPS) is 34.0. The number of anilines is 1. The lowest BCUT2D eigenvalue weighted by Gasteiger charge is -2.49. The molecule has 0 saturated heterocycles. The van der Waals surface area contributed by atoms with E-state index in [0.717, 1.165) is 68.5 Å². The molecule has 4 aliphatic rings. The molecule has 2 heterocycles. The van der Waals surface area contributed by atoms with E-state index in [4.69, 9.17) is 16.3 Å². The Hall–Kier alpha value is -2.58. The molecule has 6 atom stereocenters. The molecule has 1 saturated carbocycles. The Morgan fingerprint density at radius 3 is 2.63 bits per heavy atom. The number of halogens is 1. The standard InChI is InChI=1S/C34H43ClN2O5S/c1-22-6-4-14-33(3,20-38)28-11-8-26(28)18-37-19-34(15-5-7-24-16-27(35)10-12-29(24)34)21-42-31-13-9-25(17-30(31)37)32(39)36-43(40,41)23(22)2/h9-10,12-13,16-17,20,22-23,26,28H,4-8,11,14-15,18-19,21H2,1-3H3,(H,36,39)/t22-,23+,26-,28+,33+,34-/m0/s1. The van der Waals surface area contributed by atoms with E-state index >= 15 is 0 Å². The topological polar surface area (TPSA) is 92.8 Å². The number of hydrogen-bond acceptors (Lipinski definition) is 6. The zero-order valence-corrected chi connectivity index (χ0v) is 27.0. The SMILES string of the molecule is C[C@@H]1[C@@H](C)CCC[C@](C)(C=O)[C@@H]2CC[C@H]2CN2C[C@@]3(CCCc4cc(Cl)ccc43)COc3ccc(cc32)C(=O)NS1(=O)=O. The van der Waals surface area contributed by atoms with Gasteiger partial charge in [-0.15, -0.1) is 0 Å². The molecule has 0 aromatic heterocycles. The van der Waals surface area contributed by atoms with Crippen molar-refractivity contribution in [3.05, 3.63) is 58.1 Å². The molecule has 2 aromatic rings. The van der Waals surface area contributed by atoms with E-state index < -0.39 is 26.6 Å². The first kappa shape index (κ1) is 30.4. The molecule has 0 radical (unpaired) electrons. The maximum Gasteiger partial charge on any atom is 0.264 e. The van der Waals surface area contributed by atoms with Gasteiger partial charge in [0.2, 0.25) is 10.0 Å². The minimum absolute atomic E-state index is 0.160. The zero-order chi connectivity index (χ0) is 30.6. The van der Waals surface area contributed by atoms with Crippen LogP contribution in [0.2, 0.25) is 5.02 Å². The van der Waals surface area contributed by atoms with Gasteiger partial charge in [0.05, 0.1) is 17.5 Å². The zero-order valence-electron chi connectivity index (χ0n) is 25.4. The third-order valence-electron chi connectivity index (χ3n) is 11.2. The third-order valence-corrected chi connectivity index (χ3v) is 13.3. The fourth-order valence-corrected chi connectivity index (χ4v) is 9.66. The van der Waals surface area contributed by atoms with Gasteiger partial charge in [-0.3, -0.25) is 4.79 Å². The van der Waals surface area contributed by atoms with Gasteiger partial charge in [-0.05, 0) is 111 Å². The number of ether oxygens (including phenoxy) is 1. The smallest absolute Gasteiger partial charge is 0.264 e. The van der Waals surface area contributed by atoms with Crippen LogP contribution in [0.15, 0.2) is 36.4 Å². The van der Waals surface area contributed by atoms with Crippen molar-refractivity contribution in [1.29, 1.82) is 0 Å². The van der Waals surface area contributed by atoms with Crippen LogP contribution in [0.4, 0.5) is 5.69 Å². The van der Waals surface area contributed by atoms with E-state index in [1.807, 2.05) is 13.0 Å². The van der Waals surface area contributed by atoms with Crippen molar-refractivity contribution in [3.8, 4) is 5.75 Å². The first-order chi connectivity index (χ1) is 20.4. The second kappa shape index (κ2) is 11.4. The predicted octanol–water partition coefficient (Wildman–Crippen LogP) is 6.31. The lowest BCUT2D eigenvalue weighted by Crippen LogP contribution is -2.50. The highest BCUT2D eigenvalue weighted by Crippen LogP contribution is 2.51. The Morgan fingerprint density at radius 2 is 1.88 bits per heavy atom. The molecule has 1 fully saturated rings. The number of fused-ring (bicyclic) bond motifs is 4. The van der Waals surface area contributed by atoms with Gasteiger partial charge in [-0.25, -0.2) is 13.1 Å². The maximum absolute atomic E-state index is 13.4. The Labute approximate surface area is 260 Å². The Balaban J connectivity index is 1.44. The summed E-state index contributed by atoms with van der Waals surface area (Å²) in [7, 11) is -3.90. The minimum Gasteiger partial charge on any atom is -0.490 e. The van der Waals surface area contributed by atoms with Crippen LogP contribution < -0.4 is 14.4 Å². The summed E-state index contributed by atoms with van der Waals surface area (Å²) in [4.78, 5) is 28.4. The second-order valence-electron chi connectivity index (χ2n) is 13.9. The summed E-state index contributed by atoms with van der Waals surface area (Å²) in [5.41, 5.74) is 2.88. The van der Waals surface area contributed by atoms with Gasteiger partial charge in [0.15, 0.2) is 0 Å². The van der Waals surface area contributed by atoms with Crippen molar-refractivity contribution >= 4 is 39.5 Å². The molecule has 1 amide bonds. The molecule has 0 unspecified atom stereocenters. The van der Waals surface area contributed by atoms with Gasteiger partial charge in [0, 0.05) is 34.5 Å². The Kier molecular flexibility index (Phi) is 8.08. The van der Waals surface area contributed by atoms with E-state index in [1.165, 1.54) is 11.1 Å². The summed E-state index contributed by atoms with van der Waals surface area (Å²) in [6, 6.07) is 11.4. The lowest BCUT2D eigenvalue weighted by molar-refractivity contribution is -0.123. The molecule has 6 rings (SSSR count).